The minimum Gasteiger partial charge on any atom is -0.315 e. The lowest BCUT2D eigenvalue weighted by atomic mass is 10.0. The van der Waals surface area contributed by atoms with Crippen LogP contribution in [0.4, 0.5) is 10.1 Å². The van der Waals surface area contributed by atoms with Gasteiger partial charge in [-0.25, -0.2) is 4.39 Å². The molecule has 1 aliphatic carbocycles. The molecule has 1 atom stereocenters. The minimum atomic E-state index is -0.978. The Labute approximate surface area is 167 Å². The van der Waals surface area contributed by atoms with Crippen LogP contribution in [0.5, 0.6) is 0 Å². The van der Waals surface area contributed by atoms with E-state index in [1.165, 1.54) is 12.1 Å². The Balaban J connectivity index is 1.60. The predicted octanol–water partition coefficient (Wildman–Crippen LogP) is 3.82. The molecule has 1 spiro atoms. The number of hydrogen-bond donors (Lipinski definition) is 0. The van der Waals surface area contributed by atoms with E-state index < -0.39 is 4.87 Å². The quantitative estimate of drug-likeness (QED) is 0.792. The van der Waals surface area contributed by atoms with Gasteiger partial charge in [-0.05, 0) is 43.5 Å². The van der Waals surface area contributed by atoms with Crippen molar-refractivity contribution in [2.75, 3.05) is 17.2 Å². The van der Waals surface area contributed by atoms with Crippen LogP contribution < -0.4 is 4.90 Å². The largest absolute Gasteiger partial charge is 0.315 e. The van der Waals surface area contributed by atoms with E-state index in [4.69, 9.17) is 0 Å². The second-order valence-corrected chi connectivity index (χ2v) is 9.09. The topological polar surface area (TPSA) is 40.6 Å². The molecule has 0 bridgehead atoms. The number of rotatable bonds is 3. The Morgan fingerprint density at radius 1 is 1.25 bits per heavy atom. The number of amides is 2. The fourth-order valence-corrected chi connectivity index (χ4v) is 5.73. The summed E-state index contributed by atoms with van der Waals surface area (Å²) in [6.07, 6.45) is 1.83. The number of aryl methyl sites for hydroxylation is 1. The molecule has 2 aromatic rings. The van der Waals surface area contributed by atoms with Crippen LogP contribution in [-0.4, -0.2) is 29.0 Å². The Bertz CT molecular complexity index is 990. The fourth-order valence-electron chi connectivity index (χ4n) is 4.28. The molecule has 0 unspecified atom stereocenters. The van der Waals surface area contributed by atoms with Crippen LogP contribution in [0, 0.1) is 18.7 Å². The molecule has 0 N–H and O–H groups in total. The average molecular weight is 396 g/mol. The highest BCUT2D eigenvalue weighted by Crippen LogP contribution is 2.55. The second-order valence-electron chi connectivity index (χ2n) is 7.80. The van der Waals surface area contributed by atoms with Gasteiger partial charge in [0.2, 0.25) is 5.91 Å². The van der Waals surface area contributed by atoms with Crippen molar-refractivity contribution < 1.29 is 14.0 Å². The Kier molecular flexibility index (Phi) is 4.02. The standard InChI is InChI=1S/C22H21FN2O2S/c1-14-5-8-19-18(11-14)22(25(9-10-28-22)20(26)16-6-7-16)21(27)24(19)13-15-3-2-4-17(23)12-15/h2-5,8,11-12,16H,6-7,9-10,13H2,1H3/t22-/m1/s1. The Morgan fingerprint density at radius 3 is 2.82 bits per heavy atom. The van der Waals surface area contributed by atoms with Crippen LogP contribution in [0.1, 0.15) is 29.5 Å². The van der Waals surface area contributed by atoms with Gasteiger partial charge in [-0.1, -0.05) is 29.8 Å². The normalized spacial score (nSPS) is 23.6. The van der Waals surface area contributed by atoms with Gasteiger partial charge in [0.25, 0.3) is 5.91 Å². The number of carbonyl (C=O) groups excluding carboxylic acids is 2. The third kappa shape index (κ3) is 2.58. The summed E-state index contributed by atoms with van der Waals surface area (Å²) in [7, 11) is 0. The van der Waals surface area contributed by atoms with E-state index in [-0.39, 0.29) is 23.5 Å². The third-order valence-corrected chi connectivity index (χ3v) is 7.19. The minimum absolute atomic E-state index is 0.0638. The van der Waals surface area contributed by atoms with Crippen molar-refractivity contribution in [3.63, 3.8) is 0 Å². The SMILES string of the molecule is Cc1ccc2c(c1)[C@@]1(SCCN1C(=O)C1CC1)C(=O)N2Cc1cccc(F)c1. The van der Waals surface area contributed by atoms with E-state index in [0.29, 0.717) is 13.1 Å². The fraction of sp³-hybridized carbons (Fsp3) is 0.364. The molecule has 2 aliphatic heterocycles. The van der Waals surface area contributed by atoms with Gasteiger partial charge in [0.15, 0.2) is 4.87 Å². The smallest absolute Gasteiger partial charge is 0.268 e. The molecule has 28 heavy (non-hydrogen) atoms. The second kappa shape index (κ2) is 6.34. The monoisotopic (exact) mass is 396 g/mol. The summed E-state index contributed by atoms with van der Waals surface area (Å²) < 4.78 is 13.7. The van der Waals surface area contributed by atoms with Crippen molar-refractivity contribution in [3.8, 4) is 0 Å². The van der Waals surface area contributed by atoms with Gasteiger partial charge in [0.1, 0.15) is 5.82 Å². The summed E-state index contributed by atoms with van der Waals surface area (Å²) >= 11 is 1.55. The molecule has 2 aromatic carbocycles. The molecule has 0 aromatic heterocycles. The van der Waals surface area contributed by atoms with E-state index in [9.17, 15) is 14.0 Å². The summed E-state index contributed by atoms with van der Waals surface area (Å²) in [4.78, 5) is 29.3. The highest BCUT2D eigenvalue weighted by molar-refractivity contribution is 8.01. The van der Waals surface area contributed by atoms with E-state index in [2.05, 4.69) is 0 Å². The van der Waals surface area contributed by atoms with Gasteiger partial charge in [0.05, 0.1) is 12.2 Å². The molecular weight excluding hydrogens is 375 g/mol. The van der Waals surface area contributed by atoms with E-state index in [1.54, 1.807) is 22.7 Å². The summed E-state index contributed by atoms with van der Waals surface area (Å²) in [6.45, 7) is 2.88. The molecule has 0 radical (unpaired) electrons. The first-order chi connectivity index (χ1) is 13.5. The highest BCUT2D eigenvalue weighted by atomic mass is 32.2. The van der Waals surface area contributed by atoms with Crippen LogP contribution in [0.25, 0.3) is 0 Å². The lowest BCUT2D eigenvalue weighted by molar-refractivity contribution is -0.141. The number of hydrogen-bond acceptors (Lipinski definition) is 3. The van der Waals surface area contributed by atoms with Crippen molar-refractivity contribution in [3.05, 3.63) is 65.0 Å². The molecule has 2 amide bonds. The van der Waals surface area contributed by atoms with Gasteiger partial charge in [-0.3, -0.25) is 9.59 Å². The summed E-state index contributed by atoms with van der Waals surface area (Å²) in [5.74, 6) is 0.496. The van der Waals surface area contributed by atoms with Gasteiger partial charge in [0, 0.05) is 23.8 Å². The number of nitrogens with zero attached hydrogens (tertiary/aromatic N) is 2. The van der Waals surface area contributed by atoms with Crippen LogP contribution >= 0.6 is 11.8 Å². The molecule has 6 heteroatoms. The molecule has 144 valence electrons. The number of benzene rings is 2. The molecule has 2 fully saturated rings. The van der Waals surface area contributed by atoms with Crippen LogP contribution in [0.2, 0.25) is 0 Å². The van der Waals surface area contributed by atoms with Crippen LogP contribution in [-0.2, 0) is 21.0 Å². The van der Waals surface area contributed by atoms with Crippen molar-refractivity contribution in [2.45, 2.75) is 31.2 Å². The van der Waals surface area contributed by atoms with Crippen LogP contribution in [0.15, 0.2) is 42.5 Å². The van der Waals surface area contributed by atoms with E-state index >= 15 is 0 Å². The van der Waals surface area contributed by atoms with Crippen molar-refractivity contribution >= 4 is 29.3 Å². The van der Waals surface area contributed by atoms with E-state index in [0.717, 1.165) is 41.0 Å². The molecule has 1 saturated heterocycles. The molecule has 4 nitrogen and oxygen atoms in total. The van der Waals surface area contributed by atoms with Gasteiger partial charge < -0.3 is 9.80 Å². The lowest BCUT2D eigenvalue weighted by Crippen LogP contribution is -2.50. The first-order valence-corrected chi connectivity index (χ1v) is 10.6. The Hall–Kier alpha value is -2.34. The van der Waals surface area contributed by atoms with Crippen LogP contribution in [0.3, 0.4) is 0 Å². The maximum Gasteiger partial charge on any atom is 0.268 e. The average Bonchev–Trinajstić information content (AvgIpc) is 3.39. The molecular formula is C22H21FN2O2S. The maximum absolute atomic E-state index is 13.8. The molecule has 2 heterocycles. The summed E-state index contributed by atoms with van der Waals surface area (Å²) in [5, 5.41) is 0. The number of carbonyl (C=O) groups is 2. The zero-order chi connectivity index (χ0) is 19.5. The van der Waals surface area contributed by atoms with E-state index in [1.807, 2.05) is 36.1 Å². The van der Waals surface area contributed by atoms with Crippen molar-refractivity contribution in [2.24, 2.45) is 5.92 Å². The zero-order valence-electron chi connectivity index (χ0n) is 15.7. The number of halogens is 1. The van der Waals surface area contributed by atoms with Gasteiger partial charge in [-0.2, -0.15) is 0 Å². The molecule has 5 rings (SSSR count). The molecule has 1 saturated carbocycles. The van der Waals surface area contributed by atoms with Gasteiger partial charge >= 0.3 is 0 Å². The number of anilines is 1. The summed E-state index contributed by atoms with van der Waals surface area (Å²) in [5.41, 5.74) is 3.51. The summed E-state index contributed by atoms with van der Waals surface area (Å²) in [6, 6.07) is 12.3. The maximum atomic E-state index is 13.8. The predicted molar refractivity (Wildman–Crippen MR) is 107 cm³/mol. The first kappa shape index (κ1) is 17.7. The first-order valence-electron chi connectivity index (χ1n) is 9.64. The highest BCUT2D eigenvalue weighted by Gasteiger charge is 2.60. The Morgan fingerprint density at radius 2 is 2.07 bits per heavy atom. The van der Waals surface area contributed by atoms with Crippen molar-refractivity contribution in [1.29, 1.82) is 0 Å². The third-order valence-electron chi connectivity index (χ3n) is 5.77. The molecule has 3 aliphatic rings. The van der Waals surface area contributed by atoms with Gasteiger partial charge in [-0.15, -0.1) is 11.8 Å². The van der Waals surface area contributed by atoms with Crippen molar-refractivity contribution in [1.82, 2.24) is 4.90 Å². The number of fused-ring (bicyclic) bond motifs is 2. The lowest BCUT2D eigenvalue weighted by Gasteiger charge is -2.33. The number of thioether (sulfide) groups is 1. The zero-order valence-corrected chi connectivity index (χ0v) is 16.5.